The van der Waals surface area contributed by atoms with E-state index in [1.807, 2.05) is 0 Å². The van der Waals surface area contributed by atoms with E-state index in [4.69, 9.17) is 9.47 Å². The Kier molecular flexibility index (Phi) is 10.6. The lowest BCUT2D eigenvalue weighted by Crippen LogP contribution is -2.39. The second-order valence-corrected chi connectivity index (χ2v) is 6.88. The molecule has 0 amide bonds. The molecule has 2 aromatic carbocycles. The fourth-order valence-electron chi connectivity index (χ4n) is 3.42. The first-order valence-corrected chi connectivity index (χ1v) is 9.97. The minimum Gasteiger partial charge on any atom is -0.379 e. The predicted octanol–water partition coefficient (Wildman–Crippen LogP) is 3.75. The normalized spacial score (nSPS) is 16.8. The van der Waals surface area contributed by atoms with E-state index in [1.54, 1.807) is 7.05 Å². The van der Waals surface area contributed by atoms with Crippen LogP contribution in [0, 0.1) is 0 Å². The third-order valence-corrected chi connectivity index (χ3v) is 4.88. The molecule has 1 atom stereocenters. The van der Waals surface area contributed by atoms with E-state index in [-0.39, 0.29) is 24.0 Å². The Bertz CT molecular complexity index is 727. The third kappa shape index (κ3) is 7.22. The van der Waals surface area contributed by atoms with Gasteiger partial charge in [-0.15, -0.1) is 24.0 Å². The number of aliphatic imine (C=N–C) groups is 1. The van der Waals surface area contributed by atoms with E-state index in [1.165, 1.54) is 16.3 Å². The second-order valence-electron chi connectivity index (χ2n) is 6.88. The van der Waals surface area contributed by atoms with Gasteiger partial charge in [-0.1, -0.05) is 42.5 Å². The van der Waals surface area contributed by atoms with E-state index in [0.29, 0.717) is 6.10 Å². The van der Waals surface area contributed by atoms with Crippen molar-refractivity contribution in [1.82, 2.24) is 10.6 Å². The van der Waals surface area contributed by atoms with Gasteiger partial charge in [0.1, 0.15) is 0 Å². The number of hydrogen-bond donors (Lipinski definition) is 2. The molecule has 2 N–H and O–H groups in total. The van der Waals surface area contributed by atoms with Crippen LogP contribution < -0.4 is 10.6 Å². The topological polar surface area (TPSA) is 54.9 Å². The number of halogens is 1. The minimum absolute atomic E-state index is 0. The van der Waals surface area contributed by atoms with Crippen LogP contribution in [0.2, 0.25) is 0 Å². The van der Waals surface area contributed by atoms with Gasteiger partial charge in [0.25, 0.3) is 0 Å². The number of nitrogens with one attached hydrogen (secondary N) is 2. The predicted molar refractivity (Wildman–Crippen MR) is 127 cm³/mol. The van der Waals surface area contributed by atoms with Gasteiger partial charge in [-0.3, -0.25) is 4.99 Å². The Balaban J connectivity index is 0.00000280. The van der Waals surface area contributed by atoms with Crippen LogP contribution in [0.3, 0.4) is 0 Å². The molecule has 0 aliphatic carbocycles. The molecule has 0 bridgehead atoms. The average molecular weight is 497 g/mol. The largest absolute Gasteiger partial charge is 0.379 e. The average Bonchev–Trinajstić information content (AvgIpc) is 3.23. The summed E-state index contributed by atoms with van der Waals surface area (Å²) in [5.74, 6) is 0.842. The Hall–Kier alpha value is -1.38. The van der Waals surface area contributed by atoms with Gasteiger partial charge in [0.15, 0.2) is 5.96 Å². The number of nitrogens with zero attached hydrogens (tertiary/aromatic N) is 1. The van der Waals surface area contributed by atoms with E-state index >= 15 is 0 Å². The van der Waals surface area contributed by atoms with Crippen LogP contribution in [0.4, 0.5) is 0 Å². The van der Waals surface area contributed by atoms with E-state index in [0.717, 1.165) is 64.6 Å². The monoisotopic (exact) mass is 497 g/mol. The molecule has 0 radical (unpaired) electrons. The maximum absolute atomic E-state index is 5.69. The Labute approximate surface area is 185 Å². The summed E-state index contributed by atoms with van der Waals surface area (Å²) >= 11 is 0. The van der Waals surface area contributed by atoms with Crippen molar-refractivity contribution in [3.8, 4) is 0 Å². The highest BCUT2D eigenvalue weighted by Crippen LogP contribution is 2.18. The molecule has 154 valence electrons. The summed E-state index contributed by atoms with van der Waals surface area (Å²) in [6, 6.07) is 15.0. The number of fused-ring (bicyclic) bond motifs is 1. The Morgan fingerprint density at radius 2 is 1.96 bits per heavy atom. The SMILES string of the molecule is CN=C(NCCCOCC1CCCO1)NCCc1cccc2ccccc12.I. The molecule has 1 saturated heterocycles. The first-order chi connectivity index (χ1) is 13.4. The van der Waals surface area contributed by atoms with Crippen LogP contribution in [0.25, 0.3) is 10.8 Å². The van der Waals surface area contributed by atoms with Crippen molar-refractivity contribution in [3.63, 3.8) is 0 Å². The summed E-state index contributed by atoms with van der Waals surface area (Å²) in [5.41, 5.74) is 1.36. The van der Waals surface area contributed by atoms with Crippen LogP contribution in [-0.2, 0) is 15.9 Å². The van der Waals surface area contributed by atoms with E-state index < -0.39 is 0 Å². The van der Waals surface area contributed by atoms with Crippen LogP contribution in [-0.4, -0.2) is 52.0 Å². The number of hydrogen-bond acceptors (Lipinski definition) is 3. The maximum Gasteiger partial charge on any atom is 0.190 e. The third-order valence-electron chi connectivity index (χ3n) is 4.88. The summed E-state index contributed by atoms with van der Waals surface area (Å²) < 4.78 is 11.2. The van der Waals surface area contributed by atoms with Crippen LogP contribution in [0.1, 0.15) is 24.8 Å². The smallest absolute Gasteiger partial charge is 0.190 e. The Morgan fingerprint density at radius 1 is 1.14 bits per heavy atom. The summed E-state index contributed by atoms with van der Waals surface area (Å²) in [7, 11) is 1.81. The lowest BCUT2D eigenvalue weighted by atomic mass is 10.0. The first-order valence-electron chi connectivity index (χ1n) is 9.97. The standard InChI is InChI=1S/C22H31N3O2.HI/c1-23-22(24-13-6-15-26-17-20-10-5-16-27-20)25-14-12-19-9-4-8-18-7-2-3-11-21(18)19;/h2-4,7-9,11,20H,5-6,10,12-17H2,1H3,(H2,23,24,25);1H. The molecule has 1 heterocycles. The molecule has 5 nitrogen and oxygen atoms in total. The molecule has 6 heteroatoms. The highest BCUT2D eigenvalue weighted by atomic mass is 127. The molecule has 1 aliphatic rings. The minimum atomic E-state index is 0. The maximum atomic E-state index is 5.69. The molecule has 1 aliphatic heterocycles. The molecular weight excluding hydrogens is 465 g/mol. The van der Waals surface area contributed by atoms with E-state index in [2.05, 4.69) is 58.1 Å². The van der Waals surface area contributed by atoms with Gasteiger partial charge >= 0.3 is 0 Å². The fourth-order valence-corrected chi connectivity index (χ4v) is 3.42. The molecule has 1 unspecified atom stereocenters. The van der Waals surface area contributed by atoms with Crippen LogP contribution in [0.15, 0.2) is 47.5 Å². The summed E-state index contributed by atoms with van der Waals surface area (Å²) in [6.45, 7) is 4.05. The number of benzene rings is 2. The van der Waals surface area contributed by atoms with Crippen LogP contribution >= 0.6 is 24.0 Å². The molecule has 0 aromatic heterocycles. The summed E-state index contributed by atoms with van der Waals surface area (Å²) in [4.78, 5) is 4.30. The molecule has 0 saturated carbocycles. The lowest BCUT2D eigenvalue weighted by molar-refractivity contribution is 0.0168. The van der Waals surface area contributed by atoms with Crippen molar-refractivity contribution in [3.05, 3.63) is 48.0 Å². The first kappa shape index (κ1) is 22.9. The zero-order valence-electron chi connectivity index (χ0n) is 16.7. The number of ether oxygens (including phenoxy) is 2. The van der Waals surface area contributed by atoms with Crippen molar-refractivity contribution in [2.45, 2.75) is 31.8 Å². The van der Waals surface area contributed by atoms with Gasteiger partial charge < -0.3 is 20.1 Å². The fraction of sp³-hybridized carbons (Fsp3) is 0.500. The van der Waals surface area contributed by atoms with Crippen molar-refractivity contribution in [2.24, 2.45) is 4.99 Å². The molecule has 0 spiro atoms. The number of rotatable bonds is 9. The zero-order valence-corrected chi connectivity index (χ0v) is 19.0. The number of guanidine groups is 1. The van der Waals surface area contributed by atoms with Crippen molar-refractivity contribution in [1.29, 1.82) is 0 Å². The van der Waals surface area contributed by atoms with Crippen molar-refractivity contribution < 1.29 is 9.47 Å². The van der Waals surface area contributed by atoms with Crippen molar-refractivity contribution >= 4 is 40.7 Å². The quantitative estimate of drug-likeness (QED) is 0.240. The summed E-state index contributed by atoms with van der Waals surface area (Å²) in [6.07, 6.45) is 4.52. The lowest BCUT2D eigenvalue weighted by Gasteiger charge is -2.13. The van der Waals surface area contributed by atoms with Gasteiger partial charge in [-0.25, -0.2) is 0 Å². The van der Waals surface area contributed by atoms with E-state index in [9.17, 15) is 0 Å². The van der Waals surface area contributed by atoms with Gasteiger partial charge in [-0.05, 0) is 42.0 Å². The second kappa shape index (κ2) is 13.0. The molecular formula is C22H32IN3O2. The van der Waals surface area contributed by atoms with Gasteiger partial charge in [0.2, 0.25) is 0 Å². The highest BCUT2D eigenvalue weighted by molar-refractivity contribution is 14.0. The molecule has 1 fully saturated rings. The Morgan fingerprint density at radius 3 is 2.79 bits per heavy atom. The van der Waals surface area contributed by atoms with Crippen LogP contribution in [0.5, 0.6) is 0 Å². The van der Waals surface area contributed by atoms with Crippen molar-refractivity contribution in [2.75, 3.05) is 40.0 Å². The molecule has 2 aromatic rings. The zero-order chi connectivity index (χ0) is 18.7. The summed E-state index contributed by atoms with van der Waals surface area (Å²) in [5, 5.41) is 9.36. The van der Waals surface area contributed by atoms with Gasteiger partial charge in [0.05, 0.1) is 12.7 Å². The van der Waals surface area contributed by atoms with Gasteiger partial charge in [0, 0.05) is 33.4 Å². The highest BCUT2D eigenvalue weighted by Gasteiger charge is 2.14. The molecule has 3 rings (SSSR count). The molecule has 28 heavy (non-hydrogen) atoms. The van der Waals surface area contributed by atoms with Gasteiger partial charge in [-0.2, -0.15) is 0 Å².